The number of nitriles is 1. The summed E-state index contributed by atoms with van der Waals surface area (Å²) in [6.45, 7) is 1.82. The highest BCUT2D eigenvalue weighted by molar-refractivity contribution is 6.30. The van der Waals surface area contributed by atoms with E-state index < -0.39 is 5.82 Å². The zero-order valence-corrected chi connectivity index (χ0v) is 10.3. The van der Waals surface area contributed by atoms with E-state index in [4.69, 9.17) is 21.6 Å². The van der Waals surface area contributed by atoms with E-state index in [1.54, 1.807) is 18.2 Å². The Morgan fingerprint density at radius 2 is 1.83 bits per heavy atom. The molecule has 0 aliphatic rings. The molecule has 0 bridgehead atoms. The lowest BCUT2D eigenvalue weighted by atomic mass is 10.1. The van der Waals surface area contributed by atoms with Gasteiger partial charge in [-0.1, -0.05) is 11.6 Å². The van der Waals surface area contributed by atoms with Crippen LogP contribution in [0.25, 0.3) is 0 Å². The summed E-state index contributed by atoms with van der Waals surface area (Å²) in [6.07, 6.45) is 0. The van der Waals surface area contributed by atoms with Crippen molar-refractivity contribution in [2.45, 2.75) is 6.92 Å². The van der Waals surface area contributed by atoms with Crippen LogP contribution in [-0.4, -0.2) is 0 Å². The molecule has 0 saturated carbocycles. The Hall–Kier alpha value is -2.05. The summed E-state index contributed by atoms with van der Waals surface area (Å²) >= 11 is 5.66. The van der Waals surface area contributed by atoms with Gasteiger partial charge in [-0.05, 0) is 42.8 Å². The molecule has 0 amide bonds. The lowest BCUT2D eigenvalue weighted by molar-refractivity contribution is 0.480. The van der Waals surface area contributed by atoms with Crippen molar-refractivity contribution in [3.05, 3.63) is 58.4 Å². The third-order valence-corrected chi connectivity index (χ3v) is 2.73. The fourth-order valence-electron chi connectivity index (χ4n) is 1.50. The Bertz CT molecular complexity index is 634. The molecule has 90 valence electrons. The average Bonchev–Trinajstić information content (AvgIpc) is 2.34. The van der Waals surface area contributed by atoms with E-state index in [1.165, 1.54) is 18.2 Å². The summed E-state index contributed by atoms with van der Waals surface area (Å²) in [7, 11) is 0. The normalized spacial score (nSPS) is 9.89. The Kier molecular flexibility index (Phi) is 3.50. The van der Waals surface area contributed by atoms with Crippen LogP contribution in [0.3, 0.4) is 0 Å². The third-order valence-electron chi connectivity index (χ3n) is 2.45. The molecule has 0 aliphatic heterocycles. The van der Waals surface area contributed by atoms with Gasteiger partial charge in [-0.25, -0.2) is 4.39 Å². The summed E-state index contributed by atoms with van der Waals surface area (Å²) in [5.41, 5.74) is 1.42. The molecule has 0 aliphatic carbocycles. The minimum absolute atomic E-state index is 0.0119. The van der Waals surface area contributed by atoms with Crippen molar-refractivity contribution in [2.24, 2.45) is 0 Å². The van der Waals surface area contributed by atoms with E-state index in [0.29, 0.717) is 17.1 Å². The molecule has 18 heavy (non-hydrogen) atoms. The average molecular weight is 262 g/mol. The fraction of sp³-hybridized carbons (Fsp3) is 0.0714. The topological polar surface area (TPSA) is 33.0 Å². The van der Waals surface area contributed by atoms with E-state index in [0.717, 1.165) is 5.56 Å². The number of rotatable bonds is 2. The highest BCUT2D eigenvalue weighted by Crippen LogP contribution is 2.27. The molecule has 0 fully saturated rings. The van der Waals surface area contributed by atoms with E-state index in [2.05, 4.69) is 6.07 Å². The van der Waals surface area contributed by atoms with Crippen molar-refractivity contribution in [2.75, 3.05) is 0 Å². The molecule has 0 atom stereocenters. The van der Waals surface area contributed by atoms with Crippen molar-refractivity contribution < 1.29 is 9.13 Å². The van der Waals surface area contributed by atoms with Gasteiger partial charge in [0.05, 0.1) is 16.7 Å². The Balaban J connectivity index is 2.26. The van der Waals surface area contributed by atoms with Gasteiger partial charge in [-0.15, -0.1) is 0 Å². The molecule has 4 heteroatoms. The van der Waals surface area contributed by atoms with Gasteiger partial charge < -0.3 is 4.74 Å². The Labute approximate surface area is 109 Å². The molecular weight excluding hydrogens is 253 g/mol. The first-order valence-electron chi connectivity index (χ1n) is 5.24. The van der Waals surface area contributed by atoms with Crippen LogP contribution in [0.4, 0.5) is 4.39 Å². The standard InChI is InChI=1S/C14H9ClFNO/c1-9-6-11(3-2-10(9)8-17)18-12-4-5-14(16)13(15)7-12/h2-7H,1H3. The predicted molar refractivity (Wildman–Crippen MR) is 67.4 cm³/mol. The van der Waals surface area contributed by atoms with Crippen molar-refractivity contribution >= 4 is 11.6 Å². The van der Waals surface area contributed by atoms with Crippen LogP contribution in [0.15, 0.2) is 36.4 Å². The molecule has 2 aromatic carbocycles. The molecule has 0 unspecified atom stereocenters. The first kappa shape index (κ1) is 12.4. The van der Waals surface area contributed by atoms with Gasteiger partial charge in [0.1, 0.15) is 17.3 Å². The second-order valence-corrected chi connectivity index (χ2v) is 4.17. The molecular formula is C14H9ClFNO. The number of hydrogen-bond donors (Lipinski definition) is 0. The minimum atomic E-state index is -0.486. The molecule has 0 radical (unpaired) electrons. The lowest BCUT2D eigenvalue weighted by Crippen LogP contribution is -1.88. The number of aryl methyl sites for hydroxylation is 1. The number of benzene rings is 2. The summed E-state index contributed by atoms with van der Waals surface area (Å²) in [5, 5.41) is 8.83. The number of hydrogen-bond acceptors (Lipinski definition) is 2. The molecule has 0 saturated heterocycles. The van der Waals surface area contributed by atoms with Crippen LogP contribution in [0.2, 0.25) is 5.02 Å². The molecule has 2 nitrogen and oxygen atoms in total. The van der Waals surface area contributed by atoms with Gasteiger partial charge >= 0.3 is 0 Å². The van der Waals surface area contributed by atoms with Gasteiger partial charge in [0.25, 0.3) is 0 Å². The van der Waals surface area contributed by atoms with Gasteiger partial charge in [-0.3, -0.25) is 0 Å². The molecule has 0 N–H and O–H groups in total. The maximum absolute atomic E-state index is 13.0. The van der Waals surface area contributed by atoms with E-state index >= 15 is 0 Å². The molecule has 0 aromatic heterocycles. The SMILES string of the molecule is Cc1cc(Oc2ccc(F)c(Cl)c2)ccc1C#N. The molecule has 0 spiro atoms. The van der Waals surface area contributed by atoms with Crippen molar-refractivity contribution in [1.82, 2.24) is 0 Å². The van der Waals surface area contributed by atoms with Crippen LogP contribution in [-0.2, 0) is 0 Å². The van der Waals surface area contributed by atoms with Crippen molar-refractivity contribution in [3.63, 3.8) is 0 Å². The van der Waals surface area contributed by atoms with Crippen LogP contribution >= 0.6 is 11.6 Å². The number of halogens is 2. The molecule has 2 aromatic rings. The molecule has 2 rings (SSSR count). The van der Waals surface area contributed by atoms with E-state index in [1.807, 2.05) is 6.92 Å². The predicted octanol–water partition coefficient (Wildman–Crippen LogP) is 4.45. The molecule has 0 heterocycles. The lowest BCUT2D eigenvalue weighted by Gasteiger charge is -2.07. The smallest absolute Gasteiger partial charge is 0.142 e. The van der Waals surface area contributed by atoms with Crippen molar-refractivity contribution in [3.8, 4) is 17.6 Å². The second kappa shape index (κ2) is 5.07. The summed E-state index contributed by atoms with van der Waals surface area (Å²) in [5.74, 6) is 0.541. The number of nitrogens with zero attached hydrogens (tertiary/aromatic N) is 1. The maximum Gasteiger partial charge on any atom is 0.142 e. The van der Waals surface area contributed by atoms with Crippen molar-refractivity contribution in [1.29, 1.82) is 5.26 Å². The van der Waals surface area contributed by atoms with Crippen LogP contribution in [0.5, 0.6) is 11.5 Å². The third kappa shape index (κ3) is 2.61. The van der Waals surface area contributed by atoms with E-state index in [-0.39, 0.29) is 5.02 Å². The van der Waals surface area contributed by atoms with Gasteiger partial charge in [0, 0.05) is 6.07 Å². The second-order valence-electron chi connectivity index (χ2n) is 3.77. The van der Waals surface area contributed by atoms with Gasteiger partial charge in [0.15, 0.2) is 0 Å². The first-order chi connectivity index (χ1) is 8.60. The Morgan fingerprint density at radius 1 is 1.17 bits per heavy atom. The monoisotopic (exact) mass is 261 g/mol. The quantitative estimate of drug-likeness (QED) is 0.800. The van der Waals surface area contributed by atoms with Crippen LogP contribution in [0, 0.1) is 24.1 Å². The van der Waals surface area contributed by atoms with Gasteiger partial charge in [-0.2, -0.15) is 5.26 Å². The largest absolute Gasteiger partial charge is 0.457 e. The fourth-order valence-corrected chi connectivity index (χ4v) is 1.67. The Morgan fingerprint density at radius 3 is 2.44 bits per heavy atom. The minimum Gasteiger partial charge on any atom is -0.457 e. The van der Waals surface area contributed by atoms with Gasteiger partial charge in [0.2, 0.25) is 0 Å². The number of ether oxygens (including phenoxy) is 1. The summed E-state index contributed by atoms with van der Waals surface area (Å²) < 4.78 is 18.5. The highest BCUT2D eigenvalue weighted by atomic mass is 35.5. The summed E-state index contributed by atoms with van der Waals surface area (Å²) in [4.78, 5) is 0. The maximum atomic E-state index is 13.0. The zero-order chi connectivity index (χ0) is 13.1. The first-order valence-corrected chi connectivity index (χ1v) is 5.61. The highest BCUT2D eigenvalue weighted by Gasteiger charge is 2.04. The van der Waals surface area contributed by atoms with Crippen LogP contribution < -0.4 is 4.74 Å². The summed E-state index contributed by atoms with van der Waals surface area (Å²) in [6, 6.07) is 11.3. The van der Waals surface area contributed by atoms with E-state index in [9.17, 15) is 4.39 Å². The van der Waals surface area contributed by atoms with Crippen LogP contribution in [0.1, 0.15) is 11.1 Å². The zero-order valence-electron chi connectivity index (χ0n) is 9.58.